The van der Waals surface area contributed by atoms with E-state index in [4.69, 9.17) is 9.52 Å². The highest BCUT2D eigenvalue weighted by atomic mass is 16.3. The number of nitrogens with one attached hydrogen (secondary N) is 1. The van der Waals surface area contributed by atoms with Crippen molar-refractivity contribution >= 4 is 0 Å². The van der Waals surface area contributed by atoms with E-state index in [-0.39, 0.29) is 12.1 Å². The lowest BCUT2D eigenvalue weighted by Crippen LogP contribution is -2.61. The molecule has 0 radical (unpaired) electrons. The fourth-order valence-corrected chi connectivity index (χ4v) is 2.44. The molecule has 17 heavy (non-hydrogen) atoms. The first-order valence-electron chi connectivity index (χ1n) is 6.23. The molecule has 1 atom stereocenters. The Bertz CT molecular complexity index is 335. The zero-order valence-electron chi connectivity index (χ0n) is 10.6. The normalized spacial score (nSPS) is 25.0. The molecule has 1 saturated heterocycles. The number of aliphatic hydroxyl groups excluding tert-OH is 1. The van der Waals surface area contributed by atoms with E-state index >= 15 is 0 Å². The Morgan fingerprint density at radius 3 is 3.06 bits per heavy atom. The Morgan fingerprint density at radius 2 is 2.41 bits per heavy atom. The van der Waals surface area contributed by atoms with Gasteiger partial charge in [-0.15, -0.1) is 0 Å². The van der Waals surface area contributed by atoms with Crippen molar-refractivity contribution < 1.29 is 9.52 Å². The molecule has 0 aliphatic carbocycles. The smallest absolute Gasteiger partial charge is 0.117 e. The van der Waals surface area contributed by atoms with Crippen molar-refractivity contribution in [2.75, 3.05) is 19.7 Å². The summed E-state index contributed by atoms with van der Waals surface area (Å²) in [5.41, 5.74) is 0.124. The minimum Gasteiger partial charge on any atom is -0.468 e. The van der Waals surface area contributed by atoms with Crippen LogP contribution >= 0.6 is 0 Å². The van der Waals surface area contributed by atoms with E-state index in [1.165, 1.54) is 0 Å². The summed E-state index contributed by atoms with van der Waals surface area (Å²) in [6.07, 6.45) is 2.52. The standard InChI is InChI=1S/C13H22N2O2/c1-13(2)10-15(9-12-4-3-7-17-12)11(5-6-16)8-14-13/h3-4,7,11,14,16H,5-6,8-10H2,1-2H3. The minimum atomic E-state index is 0.124. The minimum absolute atomic E-state index is 0.124. The maximum absolute atomic E-state index is 9.11. The van der Waals surface area contributed by atoms with E-state index in [0.29, 0.717) is 6.04 Å². The van der Waals surface area contributed by atoms with Crippen molar-refractivity contribution in [2.45, 2.75) is 38.4 Å². The highest BCUT2D eigenvalue weighted by Gasteiger charge is 2.32. The van der Waals surface area contributed by atoms with Gasteiger partial charge in [0.25, 0.3) is 0 Å². The van der Waals surface area contributed by atoms with Crippen molar-refractivity contribution in [2.24, 2.45) is 0 Å². The number of hydrogen-bond acceptors (Lipinski definition) is 4. The van der Waals surface area contributed by atoms with E-state index in [2.05, 4.69) is 24.1 Å². The lowest BCUT2D eigenvalue weighted by Gasteiger charge is -2.44. The molecule has 2 N–H and O–H groups in total. The third-order valence-corrected chi connectivity index (χ3v) is 3.33. The number of aliphatic hydroxyl groups is 1. The van der Waals surface area contributed by atoms with E-state index < -0.39 is 0 Å². The molecule has 0 saturated carbocycles. The number of furan rings is 1. The molecule has 4 nitrogen and oxygen atoms in total. The Hall–Kier alpha value is -0.840. The average Bonchev–Trinajstić information content (AvgIpc) is 2.74. The third kappa shape index (κ3) is 3.31. The molecule has 96 valence electrons. The summed E-state index contributed by atoms with van der Waals surface area (Å²) >= 11 is 0. The second kappa shape index (κ2) is 5.21. The van der Waals surface area contributed by atoms with Gasteiger partial charge >= 0.3 is 0 Å². The third-order valence-electron chi connectivity index (χ3n) is 3.33. The van der Waals surface area contributed by atoms with Crippen molar-refractivity contribution in [1.29, 1.82) is 0 Å². The quantitative estimate of drug-likeness (QED) is 0.828. The van der Waals surface area contributed by atoms with Gasteiger partial charge in [0.2, 0.25) is 0 Å². The summed E-state index contributed by atoms with van der Waals surface area (Å²) in [6, 6.07) is 4.31. The molecular weight excluding hydrogens is 216 g/mol. The van der Waals surface area contributed by atoms with E-state index in [1.807, 2.05) is 12.1 Å². The van der Waals surface area contributed by atoms with Gasteiger partial charge in [0, 0.05) is 31.3 Å². The number of rotatable bonds is 4. The molecule has 2 heterocycles. The molecule has 4 heteroatoms. The van der Waals surface area contributed by atoms with Gasteiger partial charge in [0.15, 0.2) is 0 Å². The van der Waals surface area contributed by atoms with Gasteiger partial charge in [-0.2, -0.15) is 0 Å². The van der Waals surface area contributed by atoms with Crippen LogP contribution in [0.3, 0.4) is 0 Å². The lowest BCUT2D eigenvalue weighted by atomic mass is 9.97. The van der Waals surface area contributed by atoms with Crippen LogP contribution in [0.5, 0.6) is 0 Å². The Labute approximate surface area is 103 Å². The van der Waals surface area contributed by atoms with Crippen molar-refractivity contribution in [3.05, 3.63) is 24.2 Å². The predicted molar refractivity (Wildman–Crippen MR) is 66.7 cm³/mol. The van der Waals surface area contributed by atoms with E-state index in [1.54, 1.807) is 6.26 Å². The van der Waals surface area contributed by atoms with Crippen LogP contribution in [0.4, 0.5) is 0 Å². The lowest BCUT2D eigenvalue weighted by molar-refractivity contribution is 0.0659. The van der Waals surface area contributed by atoms with Crippen LogP contribution in [0.1, 0.15) is 26.0 Å². The molecular formula is C13H22N2O2. The molecule has 0 spiro atoms. The Kier molecular flexibility index (Phi) is 3.86. The van der Waals surface area contributed by atoms with Gasteiger partial charge in [-0.05, 0) is 32.4 Å². The van der Waals surface area contributed by atoms with Crippen LogP contribution in [0.15, 0.2) is 22.8 Å². The first-order chi connectivity index (χ1) is 8.11. The monoisotopic (exact) mass is 238 g/mol. The van der Waals surface area contributed by atoms with Gasteiger partial charge in [-0.25, -0.2) is 0 Å². The average molecular weight is 238 g/mol. The molecule has 1 fully saturated rings. The molecule has 1 aromatic rings. The predicted octanol–water partition coefficient (Wildman–Crippen LogP) is 1.21. The van der Waals surface area contributed by atoms with Crippen molar-refractivity contribution in [3.63, 3.8) is 0 Å². The molecule has 1 aliphatic heterocycles. The van der Waals surface area contributed by atoms with Crippen LogP contribution < -0.4 is 5.32 Å². The summed E-state index contributed by atoms with van der Waals surface area (Å²) in [6.45, 7) is 7.37. The molecule has 1 unspecified atom stereocenters. The topological polar surface area (TPSA) is 48.6 Å². The van der Waals surface area contributed by atoms with E-state index in [9.17, 15) is 0 Å². The Balaban J connectivity index is 2.02. The largest absolute Gasteiger partial charge is 0.468 e. The summed E-state index contributed by atoms with van der Waals surface area (Å²) < 4.78 is 5.41. The molecule has 0 aromatic carbocycles. The fraction of sp³-hybridized carbons (Fsp3) is 0.692. The van der Waals surface area contributed by atoms with Crippen molar-refractivity contribution in [1.82, 2.24) is 10.2 Å². The molecule has 1 aliphatic rings. The summed E-state index contributed by atoms with van der Waals surface area (Å²) in [5, 5.41) is 12.6. The molecule has 2 rings (SSSR count). The summed E-state index contributed by atoms with van der Waals surface area (Å²) in [4.78, 5) is 2.39. The molecule has 0 amide bonds. The van der Waals surface area contributed by atoms with E-state index in [0.717, 1.165) is 31.8 Å². The van der Waals surface area contributed by atoms with Gasteiger partial charge in [0.05, 0.1) is 12.8 Å². The maximum Gasteiger partial charge on any atom is 0.117 e. The Morgan fingerprint density at radius 1 is 1.59 bits per heavy atom. The number of nitrogens with zero attached hydrogens (tertiary/aromatic N) is 1. The number of hydrogen-bond donors (Lipinski definition) is 2. The van der Waals surface area contributed by atoms with Gasteiger partial charge in [-0.3, -0.25) is 4.90 Å². The van der Waals surface area contributed by atoms with Crippen LogP contribution in [-0.2, 0) is 6.54 Å². The first kappa shape index (κ1) is 12.6. The summed E-state index contributed by atoms with van der Waals surface area (Å²) in [5.74, 6) is 0.991. The second-order valence-corrected chi connectivity index (χ2v) is 5.42. The maximum atomic E-state index is 9.11. The highest BCUT2D eigenvalue weighted by Crippen LogP contribution is 2.19. The number of piperazine rings is 1. The summed E-state index contributed by atoms with van der Waals surface area (Å²) in [7, 11) is 0. The molecule has 1 aromatic heterocycles. The van der Waals surface area contributed by atoms with Crippen LogP contribution in [0, 0.1) is 0 Å². The zero-order valence-corrected chi connectivity index (χ0v) is 10.6. The van der Waals surface area contributed by atoms with Crippen molar-refractivity contribution in [3.8, 4) is 0 Å². The van der Waals surface area contributed by atoms with Crippen LogP contribution in [0.2, 0.25) is 0 Å². The van der Waals surface area contributed by atoms with Gasteiger partial charge in [0.1, 0.15) is 5.76 Å². The van der Waals surface area contributed by atoms with Crippen LogP contribution in [-0.4, -0.2) is 41.3 Å². The van der Waals surface area contributed by atoms with Crippen LogP contribution in [0.25, 0.3) is 0 Å². The van der Waals surface area contributed by atoms with Gasteiger partial charge in [-0.1, -0.05) is 0 Å². The fourth-order valence-electron chi connectivity index (χ4n) is 2.44. The van der Waals surface area contributed by atoms with Gasteiger partial charge < -0.3 is 14.8 Å². The highest BCUT2D eigenvalue weighted by molar-refractivity contribution is 5.01. The second-order valence-electron chi connectivity index (χ2n) is 5.42. The SMILES string of the molecule is CC1(C)CN(Cc2ccco2)C(CCO)CN1. The zero-order chi connectivity index (χ0) is 12.3. The first-order valence-corrected chi connectivity index (χ1v) is 6.23. The molecule has 0 bridgehead atoms.